The molecule has 5 N–H and O–H groups in total. The van der Waals surface area contributed by atoms with Crippen LogP contribution in [0.25, 0.3) is 28.1 Å². The van der Waals surface area contributed by atoms with Gasteiger partial charge in [0.05, 0.1) is 23.9 Å². The average Bonchev–Trinajstić information content (AvgIpc) is 3.08. The van der Waals surface area contributed by atoms with Crippen molar-refractivity contribution in [3.8, 4) is 22.6 Å². The van der Waals surface area contributed by atoms with Crippen LogP contribution in [-0.2, 0) is 11.0 Å². The van der Waals surface area contributed by atoms with Crippen LogP contribution in [0.2, 0.25) is 18.1 Å². The summed E-state index contributed by atoms with van der Waals surface area (Å²) in [5.41, 5.74) is 5.27. The lowest BCUT2D eigenvalue weighted by Crippen LogP contribution is -2.43. The van der Waals surface area contributed by atoms with Crippen molar-refractivity contribution in [2.45, 2.75) is 58.0 Å². The summed E-state index contributed by atoms with van der Waals surface area (Å²) in [6.07, 6.45) is 3.23. The van der Waals surface area contributed by atoms with Crippen molar-refractivity contribution in [3.05, 3.63) is 130 Å². The van der Waals surface area contributed by atoms with Crippen LogP contribution in [0.15, 0.2) is 108 Å². The van der Waals surface area contributed by atoms with Crippen LogP contribution < -0.4 is 20.9 Å². The van der Waals surface area contributed by atoms with E-state index in [4.69, 9.17) is 9.16 Å². The number of aromatic amines is 1. The number of anilines is 1. The molecule has 51 heavy (non-hydrogen) atoms. The van der Waals surface area contributed by atoms with E-state index in [0.29, 0.717) is 37.3 Å². The minimum Gasteiger partial charge on any atom is -0.506 e. The number of nitrogens with one attached hydrogen (secondary N) is 3. The molecule has 5 aromatic rings. The highest BCUT2D eigenvalue weighted by atomic mass is 28.4. The fourth-order valence-electron chi connectivity index (χ4n) is 5.60. The number of hydrogen-bond donors (Lipinski definition) is 5. The Balaban J connectivity index is 1.20. The molecule has 0 saturated carbocycles. The van der Waals surface area contributed by atoms with Crippen LogP contribution >= 0.6 is 0 Å². The fourth-order valence-corrected chi connectivity index (χ4v) is 6.87. The predicted octanol–water partition coefficient (Wildman–Crippen LogP) is 9.33. The number of pyridine rings is 1. The van der Waals surface area contributed by atoms with Gasteiger partial charge in [-0.25, -0.2) is 4.79 Å². The molecule has 0 aliphatic heterocycles. The maximum absolute atomic E-state index is 12.0. The molecule has 4 aromatic carbocycles. The second-order valence-corrected chi connectivity index (χ2v) is 18.8. The summed E-state index contributed by atoms with van der Waals surface area (Å²) in [5, 5.41) is 26.7. The minimum atomic E-state index is -2.20. The largest absolute Gasteiger partial charge is 0.506 e. The molecule has 0 unspecified atom stereocenters. The predicted molar refractivity (Wildman–Crippen MR) is 208 cm³/mol. The van der Waals surface area contributed by atoms with Gasteiger partial charge in [0.15, 0.2) is 8.32 Å². The van der Waals surface area contributed by atoms with Gasteiger partial charge in [-0.1, -0.05) is 93.6 Å². The summed E-state index contributed by atoms with van der Waals surface area (Å²) in [6.45, 7) is 12.6. The normalized spacial score (nSPS) is 12.6. The van der Waals surface area contributed by atoms with Crippen molar-refractivity contribution in [1.82, 2.24) is 10.3 Å². The number of ether oxygens (including phenoxy) is 1. The molecule has 1 amide bonds. The molecule has 9 nitrogen and oxygen atoms in total. The van der Waals surface area contributed by atoms with Gasteiger partial charge in [0.1, 0.15) is 11.5 Å². The number of hydrogen-bond acceptors (Lipinski definition) is 6. The molecule has 0 fully saturated rings. The quantitative estimate of drug-likeness (QED) is 0.0575. The van der Waals surface area contributed by atoms with Gasteiger partial charge in [0, 0.05) is 30.1 Å². The highest BCUT2D eigenvalue weighted by Gasteiger charge is 2.39. The van der Waals surface area contributed by atoms with E-state index in [2.05, 4.69) is 49.5 Å². The van der Waals surface area contributed by atoms with Crippen LogP contribution in [-0.4, -0.2) is 42.8 Å². The Morgan fingerprint density at radius 2 is 1.75 bits per heavy atom. The van der Waals surface area contributed by atoms with Crippen molar-refractivity contribution in [2.24, 2.45) is 0 Å². The Bertz CT molecular complexity index is 2050. The number of aromatic hydroxyl groups is 1. The summed E-state index contributed by atoms with van der Waals surface area (Å²) in [4.78, 5) is 26.3. The molecule has 0 aliphatic rings. The lowest BCUT2D eigenvalue weighted by molar-refractivity contribution is 0.181. The van der Waals surface area contributed by atoms with E-state index in [0.717, 1.165) is 39.0 Å². The standard InChI is InChI=1S/C41H47N3O6Si/c1-41(2,3)51(4,5)50-37(33-19-21-36(45)39-34(33)20-22-38(46)44-39)27-42-26-29-13-11-16-31(24-29)49-23-10-9-12-28-17-18-32(30-14-7-6-8-15-30)35(25-28)43-40(47)48/h6-9,11-22,24-25,37,42-43,45H,10,23,26-27H2,1-5H3,(H,44,46)(H,47,48)/b12-9+/t37-/m1/s1. The SMILES string of the molecule is CC(C)(C)[Si](C)(C)O[C@H](CNCc1cccc(OCC/C=C/c2ccc(-c3ccccc3)c(NC(=O)O)c2)c1)c1ccc(O)c2[nH]c(=O)ccc12. The Morgan fingerprint density at radius 1 is 0.961 bits per heavy atom. The molecular weight excluding hydrogens is 659 g/mol. The summed E-state index contributed by atoms with van der Waals surface area (Å²) < 4.78 is 13.0. The third-order valence-corrected chi connectivity index (χ3v) is 13.8. The summed E-state index contributed by atoms with van der Waals surface area (Å²) in [6, 6.07) is 30.1. The maximum Gasteiger partial charge on any atom is 0.409 e. The van der Waals surface area contributed by atoms with Crippen LogP contribution in [0.3, 0.4) is 0 Å². The van der Waals surface area contributed by atoms with E-state index in [1.54, 1.807) is 12.1 Å². The van der Waals surface area contributed by atoms with Gasteiger partial charge in [-0.3, -0.25) is 10.1 Å². The molecule has 266 valence electrons. The van der Waals surface area contributed by atoms with Crippen molar-refractivity contribution < 1.29 is 24.2 Å². The molecule has 1 aromatic heterocycles. The van der Waals surface area contributed by atoms with E-state index >= 15 is 0 Å². The van der Waals surface area contributed by atoms with Crippen molar-refractivity contribution in [3.63, 3.8) is 0 Å². The van der Waals surface area contributed by atoms with E-state index in [9.17, 15) is 19.8 Å². The third-order valence-electron chi connectivity index (χ3n) is 9.29. The van der Waals surface area contributed by atoms with Gasteiger partial charge in [-0.05, 0) is 77.1 Å². The number of carboxylic acid groups (broad SMARTS) is 1. The van der Waals surface area contributed by atoms with Gasteiger partial charge in [-0.2, -0.15) is 0 Å². The van der Waals surface area contributed by atoms with E-state index in [-0.39, 0.29) is 22.5 Å². The van der Waals surface area contributed by atoms with Crippen LogP contribution in [0, 0.1) is 0 Å². The summed E-state index contributed by atoms with van der Waals surface area (Å²) in [7, 11) is -2.20. The molecule has 0 spiro atoms. The molecule has 0 aliphatic carbocycles. The van der Waals surface area contributed by atoms with Gasteiger partial charge < -0.3 is 29.7 Å². The number of rotatable bonds is 14. The van der Waals surface area contributed by atoms with Gasteiger partial charge >= 0.3 is 6.09 Å². The molecule has 5 rings (SSSR count). The highest BCUT2D eigenvalue weighted by molar-refractivity contribution is 6.74. The van der Waals surface area contributed by atoms with Crippen LogP contribution in [0.1, 0.15) is 50.0 Å². The zero-order valence-corrected chi connectivity index (χ0v) is 30.8. The zero-order valence-electron chi connectivity index (χ0n) is 29.8. The maximum atomic E-state index is 12.0. The van der Waals surface area contributed by atoms with Gasteiger partial charge in [-0.15, -0.1) is 0 Å². The molecule has 1 heterocycles. The monoisotopic (exact) mass is 705 g/mol. The number of phenolic OH excluding ortho intramolecular Hbond substituents is 1. The van der Waals surface area contributed by atoms with Crippen LogP contribution in [0.5, 0.6) is 11.5 Å². The molecule has 10 heteroatoms. The summed E-state index contributed by atoms with van der Waals surface area (Å²) >= 11 is 0. The second kappa shape index (κ2) is 16.2. The molecule has 1 atom stereocenters. The average molecular weight is 706 g/mol. The first kappa shape index (κ1) is 37.1. The second-order valence-electron chi connectivity index (χ2n) is 14.1. The van der Waals surface area contributed by atoms with E-state index < -0.39 is 14.4 Å². The Morgan fingerprint density at radius 3 is 2.49 bits per heavy atom. The Hall–Kier alpha value is -5.16. The van der Waals surface area contributed by atoms with Crippen molar-refractivity contribution in [2.75, 3.05) is 18.5 Å². The number of fused-ring (bicyclic) bond motifs is 1. The number of aromatic nitrogens is 1. The topological polar surface area (TPSA) is 133 Å². The smallest absolute Gasteiger partial charge is 0.409 e. The fraction of sp³-hybridized carbons (Fsp3) is 0.268. The molecule has 0 bridgehead atoms. The Kier molecular flexibility index (Phi) is 11.8. The molecular formula is C41H47N3O6Si. The van der Waals surface area contributed by atoms with Gasteiger partial charge in [0.2, 0.25) is 5.56 Å². The first-order valence-corrected chi connectivity index (χ1v) is 20.0. The van der Waals surface area contributed by atoms with Crippen LogP contribution in [0.4, 0.5) is 10.5 Å². The number of phenols is 1. The van der Waals surface area contributed by atoms with Gasteiger partial charge in [0.25, 0.3) is 0 Å². The first-order chi connectivity index (χ1) is 24.3. The molecule has 0 saturated heterocycles. The zero-order chi connectivity index (χ0) is 36.6. The lowest BCUT2D eigenvalue weighted by Gasteiger charge is -2.39. The molecule has 0 radical (unpaired) electrons. The van der Waals surface area contributed by atoms with Crippen molar-refractivity contribution >= 4 is 37.1 Å². The third kappa shape index (κ3) is 9.76. The van der Waals surface area contributed by atoms with Crippen molar-refractivity contribution in [1.29, 1.82) is 0 Å². The lowest BCUT2D eigenvalue weighted by atomic mass is 10.0. The highest BCUT2D eigenvalue weighted by Crippen LogP contribution is 2.41. The van der Waals surface area contributed by atoms with E-state index in [1.165, 1.54) is 6.07 Å². The summed E-state index contributed by atoms with van der Waals surface area (Å²) in [5.74, 6) is 0.794. The minimum absolute atomic E-state index is 0.0133. The first-order valence-electron chi connectivity index (χ1n) is 17.1. The van der Waals surface area contributed by atoms with E-state index in [1.807, 2.05) is 91.0 Å². The Labute approximate surface area is 300 Å². The number of H-pyrrole nitrogens is 1. The number of carbonyl (C=O) groups is 1. The number of amides is 1. The number of benzene rings is 4.